The first-order chi connectivity index (χ1) is 13.8. The molecule has 0 bridgehead atoms. The summed E-state index contributed by atoms with van der Waals surface area (Å²) in [5.41, 5.74) is 0.483. The van der Waals surface area contributed by atoms with E-state index in [0.29, 0.717) is 34.5 Å². The van der Waals surface area contributed by atoms with Crippen LogP contribution in [0.1, 0.15) is 18.5 Å². The number of carboxylic acid groups (broad SMARTS) is 1. The molecule has 2 aliphatic rings. The molecule has 1 aliphatic carbocycles. The summed E-state index contributed by atoms with van der Waals surface area (Å²) in [7, 11) is 5.98. The SMILES string of the molecule is CO[C@@H]1C[C@H]2CN(C(=O)CSc3nc(C)cc(=O)[nH]3)C[C@H]2C[C@H]1N(C)C.O=CO. The van der Waals surface area contributed by atoms with Crippen molar-refractivity contribution < 1.29 is 19.4 Å². The van der Waals surface area contributed by atoms with E-state index in [9.17, 15) is 9.59 Å². The van der Waals surface area contributed by atoms with Gasteiger partial charge in [-0.1, -0.05) is 11.8 Å². The Balaban J connectivity index is 0.000000941. The van der Waals surface area contributed by atoms with Crippen molar-refractivity contribution in [3.8, 4) is 0 Å². The highest BCUT2D eigenvalue weighted by Gasteiger charge is 2.44. The number of fused-ring (bicyclic) bond motifs is 1. The lowest BCUT2D eigenvalue weighted by molar-refractivity contribution is -0.127. The molecule has 2 heterocycles. The van der Waals surface area contributed by atoms with Gasteiger partial charge in [-0.2, -0.15) is 0 Å². The zero-order valence-corrected chi connectivity index (χ0v) is 18.1. The van der Waals surface area contributed by atoms with Crippen molar-refractivity contribution in [2.75, 3.05) is 40.0 Å². The van der Waals surface area contributed by atoms with Crippen LogP contribution in [0.25, 0.3) is 0 Å². The molecule has 2 N–H and O–H groups in total. The van der Waals surface area contributed by atoms with Crippen LogP contribution in [0.4, 0.5) is 0 Å². The fourth-order valence-corrected chi connectivity index (χ4v) is 5.06. The van der Waals surface area contributed by atoms with Gasteiger partial charge in [-0.25, -0.2) is 4.98 Å². The second kappa shape index (κ2) is 10.7. The molecule has 10 heteroatoms. The number of nitrogens with one attached hydrogen (secondary N) is 1. The second-order valence-electron chi connectivity index (χ2n) is 7.68. The molecule has 1 aromatic heterocycles. The van der Waals surface area contributed by atoms with E-state index in [4.69, 9.17) is 14.6 Å². The first kappa shape index (κ1) is 23.4. The van der Waals surface area contributed by atoms with Gasteiger partial charge in [0.25, 0.3) is 12.0 Å². The van der Waals surface area contributed by atoms with Gasteiger partial charge in [0.15, 0.2) is 5.16 Å². The number of hydrogen-bond acceptors (Lipinski definition) is 7. The number of aryl methyl sites for hydroxylation is 1. The molecular weight excluding hydrogens is 396 g/mol. The average Bonchev–Trinajstić information content (AvgIpc) is 3.08. The lowest BCUT2D eigenvalue weighted by Crippen LogP contribution is -2.47. The molecule has 29 heavy (non-hydrogen) atoms. The Labute approximate surface area is 174 Å². The molecule has 1 aromatic rings. The van der Waals surface area contributed by atoms with Crippen LogP contribution in [0.15, 0.2) is 16.0 Å². The fraction of sp³-hybridized carbons (Fsp3) is 0.684. The summed E-state index contributed by atoms with van der Waals surface area (Å²) in [6, 6.07) is 1.86. The van der Waals surface area contributed by atoms with Gasteiger partial charge in [-0.15, -0.1) is 0 Å². The van der Waals surface area contributed by atoms with Crippen LogP contribution in [-0.4, -0.2) is 89.4 Å². The van der Waals surface area contributed by atoms with Gasteiger partial charge in [0.05, 0.1) is 11.9 Å². The van der Waals surface area contributed by atoms with Crippen molar-refractivity contribution in [3.05, 3.63) is 22.1 Å². The molecule has 1 saturated carbocycles. The first-order valence-corrected chi connectivity index (χ1v) is 10.5. The summed E-state index contributed by atoms with van der Waals surface area (Å²) >= 11 is 1.30. The van der Waals surface area contributed by atoms with Crippen LogP contribution < -0.4 is 5.56 Å². The number of carbonyl (C=O) groups excluding carboxylic acids is 1. The maximum atomic E-state index is 12.6. The summed E-state index contributed by atoms with van der Waals surface area (Å²) in [6.07, 6.45) is 2.31. The van der Waals surface area contributed by atoms with E-state index in [1.54, 1.807) is 14.0 Å². The standard InChI is InChI=1S/C18H28N4O3S.CH2O2/c1-11-5-16(23)20-18(19-11)26-10-17(24)22-8-12-6-14(21(2)3)15(25-4)7-13(12)9-22;2-1-3/h5,12-15H,6-10H2,1-4H3,(H,19,20,23);1H,(H,2,3)/t12-,13+,14-,15-;/m1./s1. The number of H-pyrrole nitrogens is 1. The van der Waals surface area contributed by atoms with Gasteiger partial charge >= 0.3 is 0 Å². The Kier molecular flexibility index (Phi) is 8.66. The van der Waals surface area contributed by atoms with Crippen molar-refractivity contribution in [3.63, 3.8) is 0 Å². The third kappa shape index (κ3) is 6.28. The van der Waals surface area contributed by atoms with Crippen LogP contribution in [0, 0.1) is 18.8 Å². The number of rotatable bonds is 5. The summed E-state index contributed by atoms with van der Waals surface area (Å²) in [6.45, 7) is 3.16. The fourth-order valence-electron chi connectivity index (χ4n) is 4.23. The smallest absolute Gasteiger partial charge is 0.290 e. The van der Waals surface area contributed by atoms with Gasteiger partial charge in [0.1, 0.15) is 0 Å². The van der Waals surface area contributed by atoms with Gasteiger partial charge in [-0.05, 0) is 45.7 Å². The number of methoxy groups -OCH3 is 1. The largest absolute Gasteiger partial charge is 0.483 e. The van der Waals surface area contributed by atoms with E-state index in [0.717, 1.165) is 25.9 Å². The number of carbonyl (C=O) groups is 2. The average molecular weight is 427 g/mol. The summed E-state index contributed by atoms with van der Waals surface area (Å²) in [4.78, 5) is 43.7. The highest BCUT2D eigenvalue weighted by atomic mass is 32.2. The first-order valence-electron chi connectivity index (χ1n) is 9.54. The van der Waals surface area contributed by atoms with Crippen LogP contribution in [0.5, 0.6) is 0 Å². The summed E-state index contributed by atoms with van der Waals surface area (Å²) < 4.78 is 5.71. The zero-order valence-electron chi connectivity index (χ0n) is 17.3. The molecular formula is C19H30N4O5S. The van der Waals surface area contributed by atoms with E-state index in [1.807, 2.05) is 4.90 Å². The number of ether oxygens (including phenoxy) is 1. The number of likely N-dealkylation sites (tertiary alicyclic amines) is 1. The van der Waals surface area contributed by atoms with Crippen molar-refractivity contribution in [2.45, 2.75) is 37.1 Å². The minimum atomic E-state index is -0.250. The van der Waals surface area contributed by atoms with Crippen molar-refractivity contribution in [2.24, 2.45) is 11.8 Å². The highest BCUT2D eigenvalue weighted by molar-refractivity contribution is 7.99. The number of hydrogen-bond donors (Lipinski definition) is 2. The molecule has 0 aromatic carbocycles. The minimum Gasteiger partial charge on any atom is -0.483 e. The van der Waals surface area contributed by atoms with Gasteiger partial charge in [-0.3, -0.25) is 14.4 Å². The maximum Gasteiger partial charge on any atom is 0.290 e. The highest BCUT2D eigenvalue weighted by Crippen LogP contribution is 2.39. The minimum absolute atomic E-state index is 0.115. The molecule has 1 aliphatic heterocycles. The predicted molar refractivity (Wildman–Crippen MR) is 110 cm³/mol. The number of likely N-dealkylation sites (N-methyl/N-ethyl adjacent to an activating group) is 1. The molecule has 1 amide bonds. The number of aromatic nitrogens is 2. The molecule has 0 radical (unpaired) electrons. The van der Waals surface area contributed by atoms with Gasteiger partial charge in [0, 0.05) is 38.0 Å². The molecule has 162 valence electrons. The lowest BCUT2D eigenvalue weighted by atomic mass is 9.77. The predicted octanol–water partition coefficient (Wildman–Crippen LogP) is 0.685. The Morgan fingerprint density at radius 2 is 2.03 bits per heavy atom. The third-order valence-electron chi connectivity index (χ3n) is 5.58. The number of aromatic amines is 1. The number of nitrogens with zero attached hydrogens (tertiary/aromatic N) is 3. The molecule has 4 atom stereocenters. The van der Waals surface area contributed by atoms with E-state index in [1.165, 1.54) is 17.8 Å². The monoisotopic (exact) mass is 426 g/mol. The topological polar surface area (TPSA) is 116 Å². The van der Waals surface area contributed by atoms with Crippen LogP contribution in [0.2, 0.25) is 0 Å². The molecule has 9 nitrogen and oxygen atoms in total. The van der Waals surface area contributed by atoms with Crippen molar-refractivity contribution in [1.29, 1.82) is 0 Å². The molecule has 0 spiro atoms. The van der Waals surface area contributed by atoms with Gasteiger partial charge < -0.3 is 24.6 Å². The van der Waals surface area contributed by atoms with E-state index < -0.39 is 0 Å². The Hall–Kier alpha value is -1.91. The van der Waals surface area contributed by atoms with Crippen molar-refractivity contribution >= 4 is 24.1 Å². The maximum absolute atomic E-state index is 12.6. The number of amides is 1. The zero-order chi connectivity index (χ0) is 21.6. The van der Waals surface area contributed by atoms with Crippen LogP contribution in [0.3, 0.4) is 0 Å². The Bertz CT molecular complexity index is 756. The molecule has 2 fully saturated rings. The summed E-state index contributed by atoms with van der Waals surface area (Å²) in [5, 5.41) is 7.40. The van der Waals surface area contributed by atoms with Crippen LogP contribution >= 0.6 is 11.8 Å². The lowest BCUT2D eigenvalue weighted by Gasteiger charge is -2.40. The quantitative estimate of drug-likeness (QED) is 0.401. The summed E-state index contributed by atoms with van der Waals surface area (Å²) in [5.74, 6) is 1.47. The number of thioether (sulfide) groups is 1. The van der Waals surface area contributed by atoms with E-state index >= 15 is 0 Å². The second-order valence-corrected chi connectivity index (χ2v) is 8.65. The van der Waals surface area contributed by atoms with Crippen LogP contribution in [-0.2, 0) is 14.3 Å². The molecule has 1 saturated heterocycles. The Morgan fingerprint density at radius 3 is 2.59 bits per heavy atom. The van der Waals surface area contributed by atoms with Gasteiger partial charge in [0.2, 0.25) is 5.91 Å². The Morgan fingerprint density at radius 1 is 1.41 bits per heavy atom. The van der Waals surface area contributed by atoms with E-state index in [-0.39, 0.29) is 24.0 Å². The van der Waals surface area contributed by atoms with Crippen molar-refractivity contribution in [1.82, 2.24) is 19.8 Å². The molecule has 0 unspecified atom stereocenters. The molecule has 3 rings (SSSR count). The third-order valence-corrected chi connectivity index (χ3v) is 6.44. The normalized spacial score (nSPS) is 25.9. The van der Waals surface area contributed by atoms with E-state index in [2.05, 4.69) is 29.0 Å².